The quantitative estimate of drug-likeness (QED) is 0.353. The van der Waals surface area contributed by atoms with E-state index < -0.39 is 57.1 Å². The van der Waals surface area contributed by atoms with Crippen LogP contribution in [0.25, 0.3) is 0 Å². The van der Waals surface area contributed by atoms with Crippen molar-refractivity contribution in [2.45, 2.75) is 48.7 Å². The molecule has 3 aromatic carbocycles. The van der Waals surface area contributed by atoms with E-state index in [0.717, 1.165) is 18.2 Å². The van der Waals surface area contributed by atoms with Gasteiger partial charge in [0.2, 0.25) is 15.9 Å². The number of carboxylic acids is 1. The maximum Gasteiger partial charge on any atom is 0.326 e. The predicted molar refractivity (Wildman–Crippen MR) is 144 cm³/mol. The van der Waals surface area contributed by atoms with Crippen LogP contribution in [-0.2, 0) is 26.0 Å². The lowest BCUT2D eigenvalue weighted by Crippen LogP contribution is -2.55. The number of hydrogen-bond donors (Lipinski definition) is 3. The van der Waals surface area contributed by atoms with Crippen LogP contribution in [0.15, 0.2) is 77.7 Å². The standard InChI is InChI=1S/C29H27F2N3O6S/c30-22-7-4-8-23(31)25(22)27(35)32-19-12-9-17(10-13-19)15-24(29(37)38)33-28(36)26-18-11-14-20(16-18)34(26)41(39,40)21-5-2-1-3-6-21/h1-10,12-13,18,20,24,26H,11,14-16H2,(H,32,35)(H,33,36)(H,37,38). The third-order valence-corrected chi connectivity index (χ3v) is 9.52. The first-order chi connectivity index (χ1) is 19.6. The molecule has 1 aliphatic carbocycles. The summed E-state index contributed by atoms with van der Waals surface area (Å²) in [5.41, 5.74) is -0.00954. The first kappa shape index (κ1) is 28.4. The van der Waals surface area contributed by atoms with Crippen LogP contribution in [0.2, 0.25) is 0 Å². The molecule has 3 N–H and O–H groups in total. The number of carboxylic acid groups (broad SMARTS) is 1. The molecule has 9 nitrogen and oxygen atoms in total. The maximum atomic E-state index is 13.9. The van der Waals surface area contributed by atoms with Gasteiger partial charge in [0.1, 0.15) is 29.3 Å². The molecule has 4 unspecified atom stereocenters. The van der Waals surface area contributed by atoms with E-state index in [1.54, 1.807) is 18.2 Å². The summed E-state index contributed by atoms with van der Waals surface area (Å²) in [7, 11) is -3.98. The Morgan fingerprint density at radius 1 is 0.927 bits per heavy atom. The van der Waals surface area contributed by atoms with E-state index in [4.69, 9.17) is 0 Å². The highest BCUT2D eigenvalue weighted by atomic mass is 32.2. The van der Waals surface area contributed by atoms with Gasteiger partial charge < -0.3 is 15.7 Å². The summed E-state index contributed by atoms with van der Waals surface area (Å²) in [4.78, 5) is 37.9. The molecule has 214 valence electrons. The zero-order chi connectivity index (χ0) is 29.3. The van der Waals surface area contributed by atoms with Crippen LogP contribution in [0, 0.1) is 17.6 Å². The number of anilines is 1. The van der Waals surface area contributed by atoms with Crippen LogP contribution in [0.3, 0.4) is 0 Å². The van der Waals surface area contributed by atoms with E-state index in [1.165, 1.54) is 40.7 Å². The molecule has 41 heavy (non-hydrogen) atoms. The summed E-state index contributed by atoms with van der Waals surface area (Å²) in [6.07, 6.45) is 1.72. The van der Waals surface area contributed by atoms with Crippen LogP contribution in [0.1, 0.15) is 35.2 Å². The van der Waals surface area contributed by atoms with Gasteiger partial charge in [-0.3, -0.25) is 9.59 Å². The van der Waals surface area contributed by atoms with Crippen molar-refractivity contribution < 1.29 is 36.7 Å². The Hall–Kier alpha value is -4.16. The molecule has 1 aliphatic heterocycles. The average Bonchev–Trinajstić information content (AvgIpc) is 3.56. The van der Waals surface area contributed by atoms with Gasteiger partial charge in [-0.05, 0) is 67.1 Å². The number of benzene rings is 3. The van der Waals surface area contributed by atoms with Crippen LogP contribution in [0.4, 0.5) is 14.5 Å². The molecule has 2 aliphatic rings. The number of sulfonamides is 1. The number of fused-ring (bicyclic) bond motifs is 2. The van der Waals surface area contributed by atoms with Gasteiger partial charge in [0, 0.05) is 18.2 Å². The highest BCUT2D eigenvalue weighted by molar-refractivity contribution is 7.89. The number of carbonyl (C=O) groups excluding carboxylic acids is 2. The molecule has 1 saturated heterocycles. The van der Waals surface area contributed by atoms with Gasteiger partial charge >= 0.3 is 5.97 Å². The van der Waals surface area contributed by atoms with Gasteiger partial charge in [0.25, 0.3) is 5.91 Å². The lowest BCUT2D eigenvalue weighted by atomic mass is 9.98. The van der Waals surface area contributed by atoms with Gasteiger partial charge in [0.15, 0.2) is 0 Å². The van der Waals surface area contributed by atoms with Crippen LogP contribution in [-0.4, -0.2) is 53.7 Å². The molecule has 0 spiro atoms. The number of aliphatic carboxylic acids is 1. The minimum Gasteiger partial charge on any atom is -0.480 e. The van der Waals surface area contributed by atoms with Crippen LogP contribution >= 0.6 is 0 Å². The molecule has 0 aromatic heterocycles. The van der Waals surface area contributed by atoms with Crippen molar-refractivity contribution in [1.29, 1.82) is 0 Å². The van der Waals surface area contributed by atoms with Crippen molar-refractivity contribution in [2.24, 2.45) is 5.92 Å². The largest absolute Gasteiger partial charge is 0.480 e. The summed E-state index contributed by atoms with van der Waals surface area (Å²) in [5.74, 6) is -5.18. The van der Waals surface area contributed by atoms with Gasteiger partial charge in [0.05, 0.1) is 4.90 Å². The molecular weight excluding hydrogens is 556 g/mol. The average molecular weight is 584 g/mol. The number of hydrogen-bond acceptors (Lipinski definition) is 5. The Balaban J connectivity index is 1.28. The number of halogens is 2. The van der Waals surface area contributed by atoms with Crippen LogP contribution in [0.5, 0.6) is 0 Å². The topological polar surface area (TPSA) is 133 Å². The number of amides is 2. The second-order valence-electron chi connectivity index (χ2n) is 10.2. The minimum absolute atomic E-state index is 0.0741. The normalized spacial score (nSPS) is 20.9. The summed E-state index contributed by atoms with van der Waals surface area (Å²) >= 11 is 0. The van der Waals surface area contributed by atoms with Gasteiger partial charge in [-0.2, -0.15) is 4.31 Å². The monoisotopic (exact) mass is 583 g/mol. The molecule has 0 radical (unpaired) electrons. The number of nitrogens with one attached hydrogen (secondary N) is 2. The summed E-state index contributed by atoms with van der Waals surface area (Å²) in [6, 6.07) is 14.1. The lowest BCUT2D eigenvalue weighted by molar-refractivity contribution is -0.142. The van der Waals surface area contributed by atoms with E-state index >= 15 is 0 Å². The Kier molecular flexibility index (Phi) is 7.87. The van der Waals surface area contributed by atoms with Gasteiger partial charge in [-0.1, -0.05) is 36.4 Å². The Labute approximate surface area is 235 Å². The molecular formula is C29H27F2N3O6S. The summed E-state index contributed by atoms with van der Waals surface area (Å²) < 4.78 is 55.9. The van der Waals surface area contributed by atoms with Crippen molar-refractivity contribution >= 4 is 33.5 Å². The van der Waals surface area contributed by atoms with Crippen molar-refractivity contribution in [1.82, 2.24) is 9.62 Å². The third-order valence-electron chi connectivity index (χ3n) is 7.57. The van der Waals surface area contributed by atoms with Crippen molar-refractivity contribution in [3.63, 3.8) is 0 Å². The number of rotatable bonds is 9. The van der Waals surface area contributed by atoms with E-state index in [0.29, 0.717) is 24.8 Å². The fourth-order valence-corrected chi connectivity index (χ4v) is 7.55. The van der Waals surface area contributed by atoms with E-state index in [-0.39, 0.29) is 29.0 Å². The highest BCUT2D eigenvalue weighted by Gasteiger charge is 2.54. The van der Waals surface area contributed by atoms with E-state index in [1.807, 2.05) is 0 Å². The zero-order valence-electron chi connectivity index (χ0n) is 21.7. The smallest absolute Gasteiger partial charge is 0.326 e. The zero-order valence-corrected chi connectivity index (χ0v) is 22.5. The van der Waals surface area contributed by atoms with E-state index in [2.05, 4.69) is 10.6 Å². The highest BCUT2D eigenvalue weighted by Crippen LogP contribution is 2.45. The first-order valence-electron chi connectivity index (χ1n) is 13.0. The molecule has 3 aromatic rings. The predicted octanol–water partition coefficient (Wildman–Crippen LogP) is 3.57. The van der Waals surface area contributed by atoms with Crippen molar-refractivity contribution in [2.75, 3.05) is 5.32 Å². The van der Waals surface area contributed by atoms with Gasteiger partial charge in [-0.25, -0.2) is 22.0 Å². The maximum absolute atomic E-state index is 13.9. The minimum atomic E-state index is -3.98. The second kappa shape index (κ2) is 11.4. The Morgan fingerprint density at radius 2 is 1.59 bits per heavy atom. The molecule has 1 saturated carbocycles. The molecule has 2 bridgehead atoms. The molecule has 12 heteroatoms. The Bertz CT molecular complexity index is 1560. The second-order valence-corrected chi connectivity index (χ2v) is 12.0. The fraction of sp³-hybridized carbons (Fsp3) is 0.276. The third kappa shape index (κ3) is 5.70. The van der Waals surface area contributed by atoms with Crippen LogP contribution < -0.4 is 10.6 Å². The van der Waals surface area contributed by atoms with Gasteiger partial charge in [-0.15, -0.1) is 0 Å². The fourth-order valence-electron chi connectivity index (χ4n) is 5.66. The summed E-state index contributed by atoms with van der Waals surface area (Å²) in [6.45, 7) is 0. The number of piperidine rings is 1. The number of nitrogens with zero attached hydrogens (tertiary/aromatic N) is 1. The van der Waals surface area contributed by atoms with Crippen molar-refractivity contribution in [3.05, 3.63) is 95.6 Å². The molecule has 2 amide bonds. The molecule has 4 atom stereocenters. The first-order valence-corrected chi connectivity index (χ1v) is 14.5. The molecule has 2 fully saturated rings. The Morgan fingerprint density at radius 3 is 2.22 bits per heavy atom. The van der Waals surface area contributed by atoms with E-state index in [9.17, 15) is 36.7 Å². The number of carbonyl (C=O) groups is 3. The molecule has 1 heterocycles. The van der Waals surface area contributed by atoms with Crippen molar-refractivity contribution in [3.8, 4) is 0 Å². The SMILES string of the molecule is O=C(Nc1ccc(CC(NC(=O)C2C3CCC(C3)N2S(=O)(=O)c2ccccc2)C(=O)O)cc1)c1c(F)cccc1F. The molecule has 5 rings (SSSR count). The lowest BCUT2D eigenvalue weighted by Gasteiger charge is -2.34. The summed E-state index contributed by atoms with van der Waals surface area (Å²) in [5, 5.41) is 14.8.